The van der Waals surface area contributed by atoms with Crippen molar-refractivity contribution in [3.05, 3.63) is 20.8 Å². The topological polar surface area (TPSA) is 26.0 Å². The van der Waals surface area contributed by atoms with E-state index in [0.717, 1.165) is 12.3 Å². The maximum Gasteiger partial charge on any atom is 0.0701 e. The van der Waals surface area contributed by atoms with Crippen LogP contribution in [-0.2, 0) is 6.42 Å². The van der Waals surface area contributed by atoms with Gasteiger partial charge in [-0.05, 0) is 58.7 Å². The summed E-state index contributed by atoms with van der Waals surface area (Å²) < 4.78 is 1.21. The first-order chi connectivity index (χ1) is 8.40. The van der Waals surface area contributed by atoms with Crippen molar-refractivity contribution in [2.75, 3.05) is 0 Å². The lowest BCUT2D eigenvalue weighted by molar-refractivity contribution is 0.110. The molecule has 0 radical (unpaired) electrons. The van der Waals surface area contributed by atoms with E-state index in [4.69, 9.17) is 5.73 Å². The highest BCUT2D eigenvalue weighted by Crippen LogP contribution is 2.42. The van der Waals surface area contributed by atoms with E-state index in [2.05, 4.69) is 48.8 Å². The zero-order valence-corrected chi connectivity index (χ0v) is 14.0. The number of hydrogen-bond acceptors (Lipinski definition) is 2. The molecule has 1 aromatic rings. The van der Waals surface area contributed by atoms with Crippen LogP contribution in [0, 0.1) is 17.8 Å². The fourth-order valence-corrected chi connectivity index (χ4v) is 5.24. The Morgan fingerprint density at radius 2 is 2.17 bits per heavy atom. The number of rotatable bonds is 3. The summed E-state index contributed by atoms with van der Waals surface area (Å²) in [4.78, 5) is 1.42. The zero-order chi connectivity index (χ0) is 13.3. The summed E-state index contributed by atoms with van der Waals surface area (Å²) in [5, 5.41) is 0. The molecule has 1 fully saturated rings. The Morgan fingerprint density at radius 1 is 1.44 bits per heavy atom. The Balaban J connectivity index is 2.18. The molecule has 18 heavy (non-hydrogen) atoms. The molecular weight excluding hydrogens is 306 g/mol. The summed E-state index contributed by atoms with van der Waals surface area (Å²) >= 11 is 5.38. The molecule has 1 nitrogen and oxygen atoms in total. The molecule has 0 saturated heterocycles. The van der Waals surface area contributed by atoms with Crippen LogP contribution in [0.5, 0.6) is 0 Å². The molecule has 1 aliphatic rings. The van der Waals surface area contributed by atoms with Gasteiger partial charge in [-0.25, -0.2) is 0 Å². The molecule has 0 aliphatic heterocycles. The number of hydrogen-bond donors (Lipinski definition) is 1. The van der Waals surface area contributed by atoms with Crippen LogP contribution in [-0.4, -0.2) is 5.54 Å². The van der Waals surface area contributed by atoms with E-state index >= 15 is 0 Å². The molecule has 1 heterocycles. The van der Waals surface area contributed by atoms with E-state index in [0.29, 0.717) is 11.8 Å². The molecule has 0 aromatic carbocycles. The number of halogens is 1. The maximum absolute atomic E-state index is 6.83. The van der Waals surface area contributed by atoms with E-state index in [1.165, 1.54) is 27.9 Å². The van der Waals surface area contributed by atoms with E-state index in [1.54, 1.807) is 0 Å². The Hall–Kier alpha value is 0.140. The lowest BCUT2D eigenvalue weighted by Gasteiger charge is -2.46. The van der Waals surface area contributed by atoms with Gasteiger partial charge in [-0.2, -0.15) is 0 Å². The average Bonchev–Trinajstić information content (AvgIpc) is 2.62. The maximum atomic E-state index is 6.83. The lowest BCUT2D eigenvalue weighted by atomic mass is 9.64. The van der Waals surface area contributed by atoms with Gasteiger partial charge in [0.15, 0.2) is 0 Å². The summed E-state index contributed by atoms with van der Waals surface area (Å²) in [6, 6.07) is 4.36. The molecule has 2 N–H and O–H groups in total. The predicted octanol–water partition coefficient (Wildman–Crippen LogP) is 4.84. The second-order valence-corrected chi connectivity index (χ2v) is 8.90. The Labute approximate surface area is 123 Å². The SMILES string of the molecule is CC1CCC(C(C)C)C(N)(Cc2ccc(Br)s2)C1. The Bertz CT molecular complexity index is 401. The molecule has 1 aromatic heterocycles. The van der Waals surface area contributed by atoms with Gasteiger partial charge in [-0.15, -0.1) is 11.3 Å². The van der Waals surface area contributed by atoms with Gasteiger partial charge in [0.1, 0.15) is 0 Å². The van der Waals surface area contributed by atoms with E-state index in [-0.39, 0.29) is 5.54 Å². The van der Waals surface area contributed by atoms with Crippen LogP contribution in [0.1, 0.15) is 44.9 Å². The van der Waals surface area contributed by atoms with Gasteiger partial charge in [-0.1, -0.05) is 27.2 Å². The molecule has 2 rings (SSSR count). The highest BCUT2D eigenvalue weighted by molar-refractivity contribution is 9.11. The van der Waals surface area contributed by atoms with Gasteiger partial charge in [-0.3, -0.25) is 0 Å². The van der Waals surface area contributed by atoms with Crippen LogP contribution in [0.15, 0.2) is 15.9 Å². The van der Waals surface area contributed by atoms with Crippen molar-refractivity contribution < 1.29 is 0 Å². The highest BCUT2D eigenvalue weighted by atomic mass is 79.9. The summed E-state index contributed by atoms with van der Waals surface area (Å²) in [5.41, 5.74) is 6.82. The first-order valence-corrected chi connectivity index (χ1v) is 8.55. The minimum absolute atomic E-state index is 0.00384. The van der Waals surface area contributed by atoms with Crippen molar-refractivity contribution in [1.29, 1.82) is 0 Å². The molecule has 1 saturated carbocycles. The summed E-state index contributed by atoms with van der Waals surface area (Å²) in [5.74, 6) is 2.12. The molecule has 0 bridgehead atoms. The van der Waals surface area contributed by atoms with Crippen LogP contribution in [0.25, 0.3) is 0 Å². The number of thiophene rings is 1. The van der Waals surface area contributed by atoms with Crippen molar-refractivity contribution >= 4 is 27.3 Å². The Kier molecular flexibility index (Phi) is 4.56. The molecule has 1 aliphatic carbocycles. The summed E-state index contributed by atoms with van der Waals surface area (Å²) in [6.07, 6.45) is 4.85. The molecule has 102 valence electrons. The van der Waals surface area contributed by atoms with Crippen LogP contribution >= 0.6 is 27.3 Å². The van der Waals surface area contributed by atoms with Crippen molar-refractivity contribution in [1.82, 2.24) is 0 Å². The Morgan fingerprint density at radius 3 is 2.72 bits per heavy atom. The van der Waals surface area contributed by atoms with Gasteiger partial charge in [0, 0.05) is 16.8 Å². The van der Waals surface area contributed by atoms with Crippen LogP contribution < -0.4 is 5.73 Å². The second-order valence-electron chi connectivity index (χ2n) is 6.35. The van der Waals surface area contributed by atoms with Crippen molar-refractivity contribution in [3.63, 3.8) is 0 Å². The number of nitrogens with two attached hydrogens (primary N) is 1. The lowest BCUT2D eigenvalue weighted by Crippen LogP contribution is -2.54. The first kappa shape index (κ1) is 14.5. The van der Waals surface area contributed by atoms with Crippen LogP contribution in [0.2, 0.25) is 0 Å². The monoisotopic (exact) mass is 329 g/mol. The van der Waals surface area contributed by atoms with Gasteiger partial charge in [0.05, 0.1) is 3.79 Å². The third-order valence-electron chi connectivity index (χ3n) is 4.37. The zero-order valence-electron chi connectivity index (χ0n) is 11.6. The standard InChI is InChI=1S/C15H24BrNS/c1-10(2)13-6-4-11(3)8-15(13,17)9-12-5-7-14(16)18-12/h5,7,10-11,13H,4,6,8-9,17H2,1-3H3. The quantitative estimate of drug-likeness (QED) is 0.843. The second kappa shape index (κ2) is 5.64. The molecule has 3 atom stereocenters. The van der Waals surface area contributed by atoms with E-state index in [1.807, 2.05) is 11.3 Å². The average molecular weight is 330 g/mol. The predicted molar refractivity (Wildman–Crippen MR) is 84.0 cm³/mol. The summed E-state index contributed by atoms with van der Waals surface area (Å²) in [7, 11) is 0. The van der Waals surface area contributed by atoms with E-state index < -0.39 is 0 Å². The van der Waals surface area contributed by atoms with Gasteiger partial charge in [0.2, 0.25) is 0 Å². The van der Waals surface area contributed by atoms with Gasteiger partial charge < -0.3 is 5.73 Å². The first-order valence-electron chi connectivity index (χ1n) is 6.94. The molecule has 0 spiro atoms. The van der Waals surface area contributed by atoms with Crippen LogP contribution in [0.3, 0.4) is 0 Å². The summed E-state index contributed by atoms with van der Waals surface area (Å²) in [6.45, 7) is 7.00. The molecule has 0 amide bonds. The van der Waals surface area contributed by atoms with Gasteiger partial charge >= 0.3 is 0 Å². The van der Waals surface area contributed by atoms with E-state index in [9.17, 15) is 0 Å². The van der Waals surface area contributed by atoms with Crippen molar-refractivity contribution in [3.8, 4) is 0 Å². The molecule has 3 heteroatoms. The van der Waals surface area contributed by atoms with Crippen LogP contribution in [0.4, 0.5) is 0 Å². The van der Waals surface area contributed by atoms with Gasteiger partial charge in [0.25, 0.3) is 0 Å². The third-order valence-corrected chi connectivity index (χ3v) is 6.00. The fraction of sp³-hybridized carbons (Fsp3) is 0.733. The fourth-order valence-electron chi connectivity index (χ4n) is 3.63. The van der Waals surface area contributed by atoms with Crippen molar-refractivity contribution in [2.24, 2.45) is 23.5 Å². The molecular formula is C15H24BrNS. The smallest absolute Gasteiger partial charge is 0.0701 e. The highest BCUT2D eigenvalue weighted by Gasteiger charge is 2.41. The molecule has 3 unspecified atom stereocenters. The minimum atomic E-state index is -0.00384. The van der Waals surface area contributed by atoms with Crippen molar-refractivity contribution in [2.45, 2.75) is 52.0 Å². The third kappa shape index (κ3) is 3.17. The normalized spacial score (nSPS) is 33.0. The largest absolute Gasteiger partial charge is 0.325 e. The minimum Gasteiger partial charge on any atom is -0.325 e.